The second-order valence-corrected chi connectivity index (χ2v) is 8.84. The van der Waals surface area contributed by atoms with E-state index in [1.807, 2.05) is 0 Å². The van der Waals surface area contributed by atoms with Gasteiger partial charge < -0.3 is 9.84 Å². The summed E-state index contributed by atoms with van der Waals surface area (Å²) >= 11 is 0. The molecule has 0 bridgehead atoms. The summed E-state index contributed by atoms with van der Waals surface area (Å²) in [4.78, 5) is 25.2. The van der Waals surface area contributed by atoms with Gasteiger partial charge in [0, 0.05) is 23.2 Å². The van der Waals surface area contributed by atoms with Gasteiger partial charge in [0.1, 0.15) is 5.78 Å². The maximum atomic E-state index is 12.6. The van der Waals surface area contributed by atoms with E-state index in [1.54, 1.807) is 0 Å². The van der Waals surface area contributed by atoms with Gasteiger partial charge in [0.25, 0.3) is 0 Å². The van der Waals surface area contributed by atoms with Gasteiger partial charge >= 0.3 is 5.97 Å². The first kappa shape index (κ1) is 17.0. The second-order valence-electron chi connectivity index (χ2n) is 8.84. The monoisotopic (exact) mass is 344 g/mol. The van der Waals surface area contributed by atoms with Gasteiger partial charge in [0.2, 0.25) is 0 Å². The highest BCUT2D eigenvalue weighted by Crippen LogP contribution is 2.63. The van der Waals surface area contributed by atoms with Gasteiger partial charge in [-0.2, -0.15) is 0 Å². The molecule has 2 fully saturated rings. The minimum Gasteiger partial charge on any atom is -0.469 e. The lowest BCUT2D eigenvalue weighted by molar-refractivity contribution is -0.147. The molecule has 0 radical (unpaired) electrons. The van der Waals surface area contributed by atoms with Crippen molar-refractivity contribution in [1.29, 1.82) is 0 Å². The summed E-state index contributed by atoms with van der Waals surface area (Å²) in [6.07, 6.45) is 8.61. The third-order valence-electron chi connectivity index (χ3n) is 7.70. The van der Waals surface area contributed by atoms with Crippen molar-refractivity contribution in [3.05, 3.63) is 23.3 Å². The number of hydrogen-bond acceptors (Lipinski definition) is 4. The van der Waals surface area contributed by atoms with Crippen molar-refractivity contribution in [3.63, 3.8) is 0 Å². The van der Waals surface area contributed by atoms with E-state index in [1.165, 1.54) is 18.3 Å². The van der Waals surface area contributed by atoms with Crippen LogP contribution < -0.4 is 0 Å². The van der Waals surface area contributed by atoms with E-state index < -0.39 is 0 Å². The lowest BCUT2D eigenvalue weighted by Gasteiger charge is -2.53. The molecule has 136 valence electrons. The van der Waals surface area contributed by atoms with E-state index in [9.17, 15) is 14.7 Å². The van der Waals surface area contributed by atoms with Crippen LogP contribution in [0.5, 0.6) is 0 Å². The van der Waals surface area contributed by atoms with Gasteiger partial charge in [0.05, 0.1) is 19.1 Å². The fourth-order valence-corrected chi connectivity index (χ4v) is 6.10. The van der Waals surface area contributed by atoms with Gasteiger partial charge in [-0.15, -0.1) is 0 Å². The quantitative estimate of drug-likeness (QED) is 0.586. The number of fused-ring (bicyclic) bond motifs is 5. The summed E-state index contributed by atoms with van der Waals surface area (Å²) in [5, 5.41) is 10.1. The zero-order chi connectivity index (χ0) is 18.0. The van der Waals surface area contributed by atoms with E-state index in [0.717, 1.165) is 25.7 Å². The highest BCUT2D eigenvalue weighted by atomic mass is 16.5. The van der Waals surface area contributed by atoms with Crippen LogP contribution in [0.2, 0.25) is 0 Å². The number of methoxy groups -OCH3 is 1. The topological polar surface area (TPSA) is 63.6 Å². The molecule has 6 atom stereocenters. The van der Waals surface area contributed by atoms with Crippen molar-refractivity contribution in [2.24, 2.45) is 28.6 Å². The molecule has 25 heavy (non-hydrogen) atoms. The van der Waals surface area contributed by atoms with Crippen LogP contribution in [0.15, 0.2) is 23.3 Å². The van der Waals surface area contributed by atoms with Crippen LogP contribution in [0.3, 0.4) is 0 Å². The number of aliphatic hydroxyl groups excluding tert-OH is 1. The van der Waals surface area contributed by atoms with Gasteiger partial charge in [-0.3, -0.25) is 9.59 Å². The molecule has 0 aromatic heterocycles. The van der Waals surface area contributed by atoms with Crippen molar-refractivity contribution < 1.29 is 19.4 Å². The molecule has 4 heteroatoms. The highest BCUT2D eigenvalue weighted by molar-refractivity contribution is 5.88. The van der Waals surface area contributed by atoms with Crippen LogP contribution in [0, 0.1) is 28.6 Å². The molecular formula is C21H28O4. The Morgan fingerprint density at radius 3 is 2.80 bits per heavy atom. The first-order chi connectivity index (χ1) is 11.8. The van der Waals surface area contributed by atoms with E-state index in [-0.39, 0.29) is 40.7 Å². The Kier molecular flexibility index (Phi) is 3.77. The lowest BCUT2D eigenvalue weighted by atomic mass is 9.50. The first-order valence-corrected chi connectivity index (χ1v) is 9.52. The summed E-state index contributed by atoms with van der Waals surface area (Å²) in [6.45, 7) is 4.34. The van der Waals surface area contributed by atoms with Crippen LogP contribution in [0.4, 0.5) is 0 Å². The van der Waals surface area contributed by atoms with E-state index in [0.29, 0.717) is 18.6 Å². The molecule has 2 unspecified atom stereocenters. The summed E-state index contributed by atoms with van der Waals surface area (Å²) in [5.41, 5.74) is 2.08. The Morgan fingerprint density at radius 1 is 1.32 bits per heavy atom. The number of allylic oxidation sites excluding steroid dienone is 2. The molecule has 4 aliphatic rings. The molecule has 2 saturated carbocycles. The maximum Gasteiger partial charge on any atom is 0.313 e. The Labute approximate surface area is 149 Å². The predicted octanol–water partition coefficient (Wildman–Crippen LogP) is 3.20. The number of ether oxygens (including phenoxy) is 1. The van der Waals surface area contributed by atoms with Crippen LogP contribution in [0.25, 0.3) is 0 Å². The van der Waals surface area contributed by atoms with E-state index in [2.05, 4.69) is 26.0 Å². The van der Waals surface area contributed by atoms with Crippen molar-refractivity contribution in [1.82, 2.24) is 0 Å². The predicted molar refractivity (Wildman–Crippen MR) is 93.6 cm³/mol. The summed E-state index contributed by atoms with van der Waals surface area (Å²) in [5.74, 6) is 0.0666. The van der Waals surface area contributed by atoms with Crippen molar-refractivity contribution in [3.8, 4) is 0 Å². The Balaban J connectivity index is 1.85. The second kappa shape index (κ2) is 5.54. The van der Waals surface area contributed by atoms with Crippen LogP contribution >= 0.6 is 0 Å². The highest BCUT2D eigenvalue weighted by Gasteiger charge is 2.58. The first-order valence-electron chi connectivity index (χ1n) is 9.52. The molecule has 0 spiro atoms. The van der Waals surface area contributed by atoms with Crippen molar-refractivity contribution in [2.75, 3.05) is 7.11 Å². The van der Waals surface area contributed by atoms with Crippen LogP contribution in [-0.2, 0) is 14.3 Å². The summed E-state index contributed by atoms with van der Waals surface area (Å²) < 4.78 is 5.13. The molecule has 0 aromatic rings. The Hall–Kier alpha value is -1.42. The summed E-state index contributed by atoms with van der Waals surface area (Å²) in [6, 6.07) is 0. The standard InChI is InChI=1S/C21H28O4/c1-20-8-6-13(22)10-12(20)11-14(19(24)25-3)18-15-4-5-17(23)21(15,2)9-7-16(18)20/h7,11,13-15,18,22H,4-6,8-10H2,1-3H3/t13?,14-,15?,18+,20+,21+/m1/s1. The minimum absolute atomic E-state index is 0.0571. The average molecular weight is 344 g/mol. The average Bonchev–Trinajstić information content (AvgIpc) is 2.89. The zero-order valence-corrected chi connectivity index (χ0v) is 15.4. The molecule has 0 aliphatic heterocycles. The van der Waals surface area contributed by atoms with E-state index in [4.69, 9.17) is 4.74 Å². The molecule has 1 N–H and O–H groups in total. The number of aliphatic hydroxyl groups is 1. The SMILES string of the molecule is COC(=O)[C@@H]1C=C2CC(O)CC[C@]2(C)C2=CC[C@]3(C)C(=O)CCC3[C@@H]21. The molecule has 4 rings (SSSR count). The minimum atomic E-state index is -0.337. The van der Waals surface area contributed by atoms with E-state index >= 15 is 0 Å². The molecule has 4 aliphatic carbocycles. The number of hydrogen-bond donors (Lipinski definition) is 1. The lowest BCUT2D eigenvalue weighted by Crippen LogP contribution is -2.49. The molecule has 4 nitrogen and oxygen atoms in total. The third kappa shape index (κ3) is 2.22. The number of ketones is 1. The normalized spacial score (nSPS) is 45.7. The molecule has 0 saturated heterocycles. The molecule has 0 aromatic carbocycles. The number of carbonyl (C=O) groups excluding carboxylic acids is 2. The largest absolute Gasteiger partial charge is 0.469 e. The Morgan fingerprint density at radius 2 is 2.08 bits per heavy atom. The van der Waals surface area contributed by atoms with Crippen LogP contribution in [-0.4, -0.2) is 30.1 Å². The number of carbonyl (C=O) groups is 2. The third-order valence-corrected chi connectivity index (χ3v) is 7.70. The van der Waals surface area contributed by atoms with Gasteiger partial charge in [-0.1, -0.05) is 37.1 Å². The van der Waals surface area contributed by atoms with Crippen molar-refractivity contribution in [2.45, 2.75) is 58.5 Å². The number of Topliss-reactive ketones (excluding diaryl/α,β-unsaturated/α-hetero) is 1. The molecule has 0 heterocycles. The number of rotatable bonds is 1. The number of esters is 1. The fourth-order valence-electron chi connectivity index (χ4n) is 6.10. The van der Waals surface area contributed by atoms with Crippen LogP contribution in [0.1, 0.15) is 52.4 Å². The summed E-state index contributed by atoms with van der Waals surface area (Å²) in [7, 11) is 1.44. The van der Waals surface area contributed by atoms with Crippen molar-refractivity contribution >= 4 is 11.8 Å². The zero-order valence-electron chi connectivity index (χ0n) is 15.4. The van der Waals surface area contributed by atoms with Gasteiger partial charge in [0.15, 0.2) is 0 Å². The molecule has 0 amide bonds. The smallest absolute Gasteiger partial charge is 0.313 e. The maximum absolute atomic E-state index is 12.6. The molecular weight excluding hydrogens is 316 g/mol. The Bertz CT molecular complexity index is 690. The van der Waals surface area contributed by atoms with Gasteiger partial charge in [-0.05, 0) is 38.0 Å². The fraction of sp³-hybridized carbons (Fsp3) is 0.714. The van der Waals surface area contributed by atoms with Gasteiger partial charge in [-0.25, -0.2) is 0 Å².